The molecule has 102 valence electrons. The average molecular weight is 271 g/mol. The van der Waals surface area contributed by atoms with E-state index in [2.05, 4.69) is 9.99 Å². The summed E-state index contributed by atoms with van der Waals surface area (Å²) in [5.41, 5.74) is 3.39. The van der Waals surface area contributed by atoms with Crippen molar-refractivity contribution in [1.29, 1.82) is 0 Å². The number of aryl methyl sites for hydroxylation is 2. The van der Waals surface area contributed by atoms with E-state index in [1.807, 2.05) is 18.2 Å². The van der Waals surface area contributed by atoms with E-state index >= 15 is 0 Å². The summed E-state index contributed by atoms with van der Waals surface area (Å²) < 4.78 is 3.16. The second kappa shape index (κ2) is 4.19. The number of fused-ring (bicyclic) bond motifs is 1. The Balaban J connectivity index is 2.18. The molecule has 0 amide bonds. The van der Waals surface area contributed by atoms with Gasteiger partial charge in [-0.05, 0) is 30.7 Å². The summed E-state index contributed by atoms with van der Waals surface area (Å²) in [5, 5.41) is 3.63. The zero-order valence-electron chi connectivity index (χ0n) is 11.4. The first-order valence-corrected chi connectivity index (χ1v) is 6.12. The highest BCUT2D eigenvalue weighted by Gasteiger charge is 2.21. The van der Waals surface area contributed by atoms with Gasteiger partial charge < -0.3 is 4.84 Å². The highest BCUT2D eigenvalue weighted by atomic mass is 16.7. The van der Waals surface area contributed by atoms with Crippen LogP contribution in [0.1, 0.15) is 12.5 Å². The van der Waals surface area contributed by atoms with Crippen molar-refractivity contribution in [2.45, 2.75) is 6.92 Å². The molecule has 0 aliphatic carbocycles. The van der Waals surface area contributed by atoms with Crippen molar-refractivity contribution < 1.29 is 9.63 Å². The molecular formula is C14H13N3O3. The molecule has 1 aromatic heterocycles. The van der Waals surface area contributed by atoms with E-state index in [4.69, 9.17) is 0 Å². The van der Waals surface area contributed by atoms with Gasteiger partial charge in [0.25, 0.3) is 0 Å². The SMILES string of the molecule is CC1=NOC(=O)/C1=C/c1ccc2c(c1)n(C)c(=O)n2C. The van der Waals surface area contributed by atoms with Crippen LogP contribution in [0.4, 0.5) is 0 Å². The smallest absolute Gasteiger partial charge is 0.312 e. The molecule has 0 N–H and O–H groups in total. The van der Waals surface area contributed by atoms with E-state index in [1.165, 1.54) is 0 Å². The molecule has 2 heterocycles. The van der Waals surface area contributed by atoms with Crippen molar-refractivity contribution in [3.63, 3.8) is 0 Å². The molecule has 2 aromatic rings. The summed E-state index contributed by atoms with van der Waals surface area (Å²) in [6, 6.07) is 5.58. The number of hydrogen-bond donors (Lipinski definition) is 0. The quantitative estimate of drug-likeness (QED) is 0.578. The number of carbonyl (C=O) groups excluding carboxylic acids is 1. The maximum absolute atomic E-state index is 11.9. The van der Waals surface area contributed by atoms with E-state index < -0.39 is 5.97 Å². The van der Waals surface area contributed by atoms with Crippen LogP contribution in [0.5, 0.6) is 0 Å². The summed E-state index contributed by atoms with van der Waals surface area (Å²) in [5.74, 6) is -0.454. The largest absolute Gasteiger partial charge is 0.367 e. The summed E-state index contributed by atoms with van der Waals surface area (Å²) in [6.07, 6.45) is 1.71. The fourth-order valence-corrected chi connectivity index (χ4v) is 2.30. The fraction of sp³-hybridized carbons (Fsp3) is 0.214. The molecule has 0 unspecified atom stereocenters. The molecule has 0 radical (unpaired) electrons. The third-order valence-corrected chi connectivity index (χ3v) is 3.48. The van der Waals surface area contributed by atoms with Gasteiger partial charge in [-0.2, -0.15) is 0 Å². The number of nitrogens with zero attached hydrogens (tertiary/aromatic N) is 3. The minimum absolute atomic E-state index is 0.0807. The van der Waals surface area contributed by atoms with Gasteiger partial charge in [0, 0.05) is 14.1 Å². The van der Waals surface area contributed by atoms with Crippen LogP contribution in [-0.2, 0) is 23.7 Å². The summed E-state index contributed by atoms with van der Waals surface area (Å²) in [6.45, 7) is 1.72. The van der Waals surface area contributed by atoms with Gasteiger partial charge in [0.2, 0.25) is 0 Å². The highest BCUT2D eigenvalue weighted by Crippen LogP contribution is 2.19. The third-order valence-electron chi connectivity index (χ3n) is 3.48. The molecule has 1 aliphatic rings. The average Bonchev–Trinajstić information content (AvgIpc) is 2.86. The lowest BCUT2D eigenvalue weighted by molar-refractivity contribution is -0.136. The Bertz CT molecular complexity index is 852. The lowest BCUT2D eigenvalue weighted by atomic mass is 10.1. The highest BCUT2D eigenvalue weighted by molar-refractivity contribution is 6.24. The van der Waals surface area contributed by atoms with Gasteiger partial charge >= 0.3 is 11.7 Å². The maximum atomic E-state index is 11.9. The van der Waals surface area contributed by atoms with Crippen molar-refractivity contribution in [1.82, 2.24) is 9.13 Å². The summed E-state index contributed by atoms with van der Waals surface area (Å²) in [4.78, 5) is 28.0. The first kappa shape index (κ1) is 12.4. The van der Waals surface area contributed by atoms with Crippen molar-refractivity contribution in [3.05, 3.63) is 39.8 Å². The molecule has 0 saturated carbocycles. The van der Waals surface area contributed by atoms with Gasteiger partial charge in [0.15, 0.2) is 0 Å². The monoisotopic (exact) mass is 271 g/mol. The van der Waals surface area contributed by atoms with E-state index in [-0.39, 0.29) is 5.69 Å². The number of imidazole rings is 1. The third kappa shape index (κ3) is 1.69. The van der Waals surface area contributed by atoms with E-state index in [1.54, 1.807) is 36.2 Å². The maximum Gasteiger partial charge on any atom is 0.367 e. The molecule has 0 bridgehead atoms. The molecule has 1 aromatic carbocycles. The van der Waals surface area contributed by atoms with Crippen LogP contribution in [-0.4, -0.2) is 20.8 Å². The van der Waals surface area contributed by atoms with Crippen molar-refractivity contribution in [2.24, 2.45) is 19.3 Å². The van der Waals surface area contributed by atoms with Crippen LogP contribution in [0.15, 0.2) is 33.7 Å². The van der Waals surface area contributed by atoms with Gasteiger partial charge in [-0.3, -0.25) is 9.13 Å². The molecule has 0 saturated heterocycles. The van der Waals surface area contributed by atoms with Crippen LogP contribution in [0.3, 0.4) is 0 Å². The summed E-state index contributed by atoms with van der Waals surface area (Å²) >= 11 is 0. The minimum atomic E-state index is -0.454. The van der Waals surface area contributed by atoms with Gasteiger partial charge in [0.05, 0.1) is 22.3 Å². The zero-order valence-corrected chi connectivity index (χ0v) is 11.4. The Morgan fingerprint density at radius 1 is 1.15 bits per heavy atom. The van der Waals surface area contributed by atoms with Crippen molar-refractivity contribution in [3.8, 4) is 0 Å². The topological polar surface area (TPSA) is 65.6 Å². The van der Waals surface area contributed by atoms with Gasteiger partial charge in [-0.25, -0.2) is 9.59 Å². The van der Waals surface area contributed by atoms with Crippen molar-refractivity contribution >= 4 is 28.8 Å². The number of benzene rings is 1. The Labute approximate surface area is 114 Å². The second-order valence-electron chi connectivity index (χ2n) is 4.76. The van der Waals surface area contributed by atoms with Crippen LogP contribution < -0.4 is 5.69 Å². The van der Waals surface area contributed by atoms with Gasteiger partial charge in [-0.15, -0.1) is 0 Å². The van der Waals surface area contributed by atoms with Crippen molar-refractivity contribution in [2.75, 3.05) is 0 Å². The number of rotatable bonds is 1. The number of carbonyl (C=O) groups is 1. The number of aromatic nitrogens is 2. The van der Waals surface area contributed by atoms with Gasteiger partial charge in [0.1, 0.15) is 0 Å². The predicted octanol–water partition coefficient (Wildman–Crippen LogP) is 1.19. The summed E-state index contributed by atoms with van der Waals surface area (Å²) in [7, 11) is 3.45. The number of oxime groups is 1. The van der Waals surface area contributed by atoms with E-state index in [0.717, 1.165) is 16.6 Å². The molecule has 6 nitrogen and oxygen atoms in total. The standard InChI is InChI=1S/C14H13N3O3/c1-8-10(13(18)20-15-8)6-9-4-5-11-12(7-9)17(3)14(19)16(11)2/h4-7H,1-3H3/b10-6+. The fourth-order valence-electron chi connectivity index (χ4n) is 2.30. The predicted molar refractivity (Wildman–Crippen MR) is 75.3 cm³/mol. The van der Waals surface area contributed by atoms with Crippen LogP contribution >= 0.6 is 0 Å². The normalized spacial score (nSPS) is 16.9. The van der Waals surface area contributed by atoms with Crippen LogP contribution in [0.2, 0.25) is 0 Å². The van der Waals surface area contributed by atoms with E-state index in [0.29, 0.717) is 11.3 Å². The Kier molecular flexibility index (Phi) is 2.60. The lowest BCUT2D eigenvalue weighted by Gasteiger charge is -1.99. The minimum Gasteiger partial charge on any atom is -0.312 e. The number of hydrogen-bond acceptors (Lipinski definition) is 4. The Morgan fingerprint density at radius 3 is 2.50 bits per heavy atom. The lowest BCUT2D eigenvalue weighted by Crippen LogP contribution is -2.19. The molecular weight excluding hydrogens is 258 g/mol. The first-order valence-electron chi connectivity index (χ1n) is 6.12. The molecule has 6 heteroatoms. The van der Waals surface area contributed by atoms with Crippen LogP contribution in [0.25, 0.3) is 17.1 Å². The first-order chi connectivity index (χ1) is 9.49. The Hall–Kier alpha value is -2.63. The van der Waals surface area contributed by atoms with Gasteiger partial charge in [-0.1, -0.05) is 11.2 Å². The molecule has 0 fully saturated rings. The second-order valence-corrected chi connectivity index (χ2v) is 4.76. The molecule has 0 atom stereocenters. The Morgan fingerprint density at radius 2 is 1.85 bits per heavy atom. The zero-order chi connectivity index (χ0) is 14.4. The van der Waals surface area contributed by atoms with Crippen LogP contribution in [0, 0.1) is 0 Å². The molecule has 20 heavy (non-hydrogen) atoms. The molecule has 3 rings (SSSR count). The molecule has 0 spiro atoms. The van der Waals surface area contributed by atoms with E-state index in [9.17, 15) is 9.59 Å². The molecule has 1 aliphatic heterocycles.